The molecule has 0 radical (unpaired) electrons. The zero-order chi connectivity index (χ0) is 11.5. The summed E-state index contributed by atoms with van der Waals surface area (Å²) < 4.78 is 2.07. The Morgan fingerprint density at radius 2 is 2.13 bits per heavy atom. The number of rotatable bonds is 4. The first-order valence-corrected chi connectivity index (χ1v) is 6.51. The van der Waals surface area contributed by atoms with Gasteiger partial charge < -0.3 is 0 Å². The lowest BCUT2D eigenvalue weighted by Crippen LogP contribution is -2.21. The first kappa shape index (κ1) is 12.8. The molecule has 0 saturated heterocycles. The van der Waals surface area contributed by atoms with E-state index < -0.39 is 0 Å². The van der Waals surface area contributed by atoms with Crippen LogP contribution in [0.25, 0.3) is 0 Å². The van der Waals surface area contributed by atoms with Crippen molar-refractivity contribution in [3.63, 3.8) is 0 Å². The molecular formula is C12H21BrN2. The Morgan fingerprint density at radius 1 is 1.47 bits per heavy atom. The molecular weight excluding hydrogens is 252 g/mol. The fraction of sp³-hybridized carbons (Fsp3) is 0.750. The third-order valence-electron chi connectivity index (χ3n) is 2.70. The number of hydrogen-bond donors (Lipinski definition) is 0. The first-order valence-electron chi connectivity index (χ1n) is 5.60. The number of nitrogens with zero attached hydrogens (tertiary/aromatic N) is 2. The summed E-state index contributed by atoms with van der Waals surface area (Å²) >= 11 is 3.76. The number of aryl methyl sites for hydroxylation is 2. The first-order chi connectivity index (χ1) is 6.95. The molecule has 0 spiro atoms. The summed E-state index contributed by atoms with van der Waals surface area (Å²) in [5.41, 5.74) is 1.67. The maximum absolute atomic E-state index is 4.28. The third-order valence-corrected chi connectivity index (χ3v) is 4.53. The van der Waals surface area contributed by atoms with Crippen LogP contribution in [-0.2, 0) is 13.0 Å². The van der Waals surface area contributed by atoms with Gasteiger partial charge in [-0.15, -0.1) is 0 Å². The molecule has 15 heavy (non-hydrogen) atoms. The molecule has 0 aliphatic carbocycles. The van der Waals surface area contributed by atoms with Gasteiger partial charge in [0.15, 0.2) is 0 Å². The zero-order valence-electron chi connectivity index (χ0n) is 10.1. The third kappa shape index (κ3) is 3.63. The lowest BCUT2D eigenvalue weighted by atomic mass is 9.89. The van der Waals surface area contributed by atoms with Crippen LogP contribution in [0.3, 0.4) is 0 Å². The summed E-state index contributed by atoms with van der Waals surface area (Å²) in [7, 11) is 0. The Balaban J connectivity index is 2.50. The molecule has 1 atom stereocenters. The number of aromatic nitrogens is 2. The van der Waals surface area contributed by atoms with Gasteiger partial charge in [-0.3, -0.25) is 4.68 Å². The number of alkyl halides is 1. The summed E-state index contributed by atoms with van der Waals surface area (Å²) in [5, 5.41) is 4.28. The molecule has 0 amide bonds. The average molecular weight is 273 g/mol. The maximum atomic E-state index is 4.28. The zero-order valence-corrected chi connectivity index (χ0v) is 11.7. The predicted octanol–water partition coefficient (Wildman–Crippen LogP) is 3.65. The Kier molecular flexibility index (Phi) is 4.38. The minimum absolute atomic E-state index is 0.330. The van der Waals surface area contributed by atoms with Crippen LogP contribution >= 0.6 is 15.9 Å². The lowest BCUT2D eigenvalue weighted by Gasteiger charge is -2.25. The highest BCUT2D eigenvalue weighted by Gasteiger charge is 2.21. The van der Waals surface area contributed by atoms with E-state index in [4.69, 9.17) is 0 Å². The van der Waals surface area contributed by atoms with Gasteiger partial charge in [0.2, 0.25) is 0 Å². The monoisotopic (exact) mass is 272 g/mol. The standard InChI is InChI=1S/C12H21BrN2/c1-5-15-10(8-9-14-15)6-7-11(13)12(2,3)4/h8-9,11H,5-7H2,1-4H3. The van der Waals surface area contributed by atoms with E-state index in [1.165, 1.54) is 5.69 Å². The van der Waals surface area contributed by atoms with Crippen molar-refractivity contribution in [2.75, 3.05) is 0 Å². The van der Waals surface area contributed by atoms with Gasteiger partial charge in [0.1, 0.15) is 0 Å². The van der Waals surface area contributed by atoms with Crippen molar-refractivity contribution in [2.24, 2.45) is 5.41 Å². The van der Waals surface area contributed by atoms with Crippen molar-refractivity contribution in [1.29, 1.82) is 0 Å². The van der Waals surface area contributed by atoms with Crippen molar-refractivity contribution < 1.29 is 0 Å². The van der Waals surface area contributed by atoms with Gasteiger partial charge in [-0.2, -0.15) is 5.10 Å². The van der Waals surface area contributed by atoms with E-state index in [1.807, 2.05) is 6.20 Å². The molecule has 0 saturated carbocycles. The highest BCUT2D eigenvalue weighted by Crippen LogP contribution is 2.29. The largest absolute Gasteiger partial charge is 0.270 e. The second-order valence-corrected chi connectivity index (χ2v) is 6.12. The van der Waals surface area contributed by atoms with Crippen LogP contribution in [0.2, 0.25) is 0 Å². The number of halogens is 1. The van der Waals surface area contributed by atoms with E-state index in [0.29, 0.717) is 10.2 Å². The average Bonchev–Trinajstić information content (AvgIpc) is 2.59. The van der Waals surface area contributed by atoms with Gasteiger partial charge in [0.05, 0.1) is 0 Å². The fourth-order valence-electron chi connectivity index (χ4n) is 1.56. The van der Waals surface area contributed by atoms with Gasteiger partial charge in [0, 0.05) is 23.3 Å². The van der Waals surface area contributed by atoms with Crippen molar-refractivity contribution in [2.45, 2.75) is 51.9 Å². The van der Waals surface area contributed by atoms with Gasteiger partial charge in [0.25, 0.3) is 0 Å². The second-order valence-electron chi connectivity index (χ2n) is 5.01. The van der Waals surface area contributed by atoms with Crippen LogP contribution in [0.1, 0.15) is 39.8 Å². The summed E-state index contributed by atoms with van der Waals surface area (Å²) in [6.45, 7) is 9.90. The van der Waals surface area contributed by atoms with Gasteiger partial charge in [-0.25, -0.2) is 0 Å². The molecule has 0 N–H and O–H groups in total. The van der Waals surface area contributed by atoms with E-state index in [9.17, 15) is 0 Å². The maximum Gasteiger partial charge on any atom is 0.0492 e. The van der Waals surface area contributed by atoms with Crippen molar-refractivity contribution in [3.05, 3.63) is 18.0 Å². The Hall–Kier alpha value is -0.310. The topological polar surface area (TPSA) is 17.8 Å². The van der Waals surface area contributed by atoms with E-state index in [0.717, 1.165) is 19.4 Å². The molecule has 1 rings (SSSR count). The van der Waals surface area contributed by atoms with Crippen LogP contribution in [-0.4, -0.2) is 14.6 Å². The minimum atomic E-state index is 0.330. The molecule has 3 heteroatoms. The smallest absolute Gasteiger partial charge is 0.0492 e. The van der Waals surface area contributed by atoms with Crippen molar-refractivity contribution in [1.82, 2.24) is 9.78 Å². The van der Waals surface area contributed by atoms with Crippen LogP contribution in [0.15, 0.2) is 12.3 Å². The molecule has 1 unspecified atom stereocenters. The molecule has 0 aliphatic heterocycles. The van der Waals surface area contributed by atoms with Crippen LogP contribution in [0.4, 0.5) is 0 Å². The van der Waals surface area contributed by atoms with Crippen molar-refractivity contribution in [3.8, 4) is 0 Å². The SMILES string of the molecule is CCn1nccc1CCC(Br)C(C)(C)C. The summed E-state index contributed by atoms with van der Waals surface area (Å²) in [6.07, 6.45) is 4.15. The van der Waals surface area contributed by atoms with E-state index in [2.05, 4.69) is 59.5 Å². The summed E-state index contributed by atoms with van der Waals surface area (Å²) in [4.78, 5) is 0.560. The number of hydrogen-bond acceptors (Lipinski definition) is 1. The molecule has 0 aliphatic rings. The highest BCUT2D eigenvalue weighted by atomic mass is 79.9. The molecule has 1 aromatic heterocycles. The normalized spacial score (nSPS) is 14.2. The molecule has 0 bridgehead atoms. The summed E-state index contributed by atoms with van der Waals surface area (Å²) in [5.74, 6) is 0. The van der Waals surface area contributed by atoms with Crippen molar-refractivity contribution >= 4 is 15.9 Å². The van der Waals surface area contributed by atoms with E-state index in [1.54, 1.807) is 0 Å². The van der Waals surface area contributed by atoms with E-state index >= 15 is 0 Å². The van der Waals surface area contributed by atoms with Gasteiger partial charge in [-0.05, 0) is 31.2 Å². The molecule has 0 aromatic carbocycles. The molecule has 1 heterocycles. The quantitative estimate of drug-likeness (QED) is 0.766. The van der Waals surface area contributed by atoms with Gasteiger partial charge >= 0.3 is 0 Å². The lowest BCUT2D eigenvalue weighted by molar-refractivity contribution is 0.383. The Morgan fingerprint density at radius 3 is 2.67 bits per heavy atom. The Bertz CT molecular complexity index is 299. The minimum Gasteiger partial charge on any atom is -0.270 e. The fourth-order valence-corrected chi connectivity index (χ4v) is 1.79. The molecule has 1 aromatic rings. The predicted molar refractivity (Wildman–Crippen MR) is 68.4 cm³/mol. The molecule has 86 valence electrons. The van der Waals surface area contributed by atoms with Crippen LogP contribution < -0.4 is 0 Å². The Labute approximate surface area is 101 Å². The van der Waals surface area contributed by atoms with Gasteiger partial charge in [-0.1, -0.05) is 36.7 Å². The highest BCUT2D eigenvalue weighted by molar-refractivity contribution is 9.09. The summed E-state index contributed by atoms with van der Waals surface area (Å²) in [6, 6.07) is 2.12. The second kappa shape index (κ2) is 5.15. The molecule has 0 fully saturated rings. The van der Waals surface area contributed by atoms with Crippen LogP contribution in [0, 0.1) is 5.41 Å². The van der Waals surface area contributed by atoms with Crippen LogP contribution in [0.5, 0.6) is 0 Å². The molecule has 2 nitrogen and oxygen atoms in total. The van der Waals surface area contributed by atoms with E-state index in [-0.39, 0.29) is 0 Å².